The molecule has 1 heterocycles. The van der Waals surface area contributed by atoms with Crippen molar-refractivity contribution in [2.75, 3.05) is 18.1 Å². The first-order chi connectivity index (χ1) is 14.1. The summed E-state index contributed by atoms with van der Waals surface area (Å²) in [5, 5.41) is 10.9. The summed E-state index contributed by atoms with van der Waals surface area (Å²) in [4.78, 5) is 15.5. The molecular weight excluding hydrogens is 428 g/mol. The molecular formula is C18H15ClF4N6O. The van der Waals surface area contributed by atoms with E-state index in [1.165, 1.54) is 19.2 Å². The molecule has 1 amide bonds. The summed E-state index contributed by atoms with van der Waals surface area (Å²) in [7, 11) is 1.31. The van der Waals surface area contributed by atoms with Gasteiger partial charge in [-0.15, -0.1) is 5.10 Å². The fraction of sp³-hybridized carbons (Fsp3) is 0.167. The Kier molecular flexibility index (Phi) is 5.83. The van der Waals surface area contributed by atoms with Crippen LogP contribution >= 0.6 is 11.6 Å². The van der Waals surface area contributed by atoms with E-state index in [0.717, 1.165) is 18.2 Å². The fourth-order valence-corrected chi connectivity index (χ4v) is 3.12. The molecule has 3 rings (SSSR count). The van der Waals surface area contributed by atoms with Crippen molar-refractivity contribution in [3.63, 3.8) is 0 Å². The highest BCUT2D eigenvalue weighted by molar-refractivity contribution is 6.33. The predicted octanol–water partition coefficient (Wildman–Crippen LogP) is 3.84. The molecule has 7 nitrogen and oxygen atoms in total. The van der Waals surface area contributed by atoms with Crippen molar-refractivity contribution in [2.45, 2.75) is 12.7 Å². The van der Waals surface area contributed by atoms with E-state index in [2.05, 4.69) is 25.8 Å². The average molecular weight is 443 g/mol. The molecule has 2 aromatic carbocycles. The van der Waals surface area contributed by atoms with Crippen LogP contribution in [-0.4, -0.2) is 28.1 Å². The van der Waals surface area contributed by atoms with E-state index in [0.29, 0.717) is 5.82 Å². The number of nitrogens with two attached hydrogens (primary N) is 1. The lowest BCUT2D eigenvalue weighted by atomic mass is 9.97. The third-order valence-corrected chi connectivity index (χ3v) is 4.43. The molecule has 3 aromatic rings. The number of nitrogen functional groups attached to an aromatic ring is 1. The van der Waals surface area contributed by atoms with Crippen LogP contribution in [0, 0.1) is 5.82 Å². The third kappa shape index (κ3) is 4.46. The second-order valence-electron chi connectivity index (χ2n) is 6.15. The third-order valence-electron chi connectivity index (χ3n) is 4.13. The van der Waals surface area contributed by atoms with Gasteiger partial charge in [0.2, 0.25) is 5.95 Å². The zero-order chi connectivity index (χ0) is 22.1. The summed E-state index contributed by atoms with van der Waals surface area (Å²) in [6.07, 6.45) is -4.77. The van der Waals surface area contributed by atoms with Crippen molar-refractivity contribution in [1.82, 2.24) is 20.5 Å². The number of H-pyrrole nitrogens is 1. The first-order valence-electron chi connectivity index (χ1n) is 8.43. The van der Waals surface area contributed by atoms with Crippen molar-refractivity contribution < 1.29 is 22.4 Å². The molecule has 0 unspecified atom stereocenters. The van der Waals surface area contributed by atoms with E-state index in [9.17, 15) is 22.4 Å². The van der Waals surface area contributed by atoms with E-state index in [1.807, 2.05) is 0 Å². The maximum absolute atomic E-state index is 14.3. The summed E-state index contributed by atoms with van der Waals surface area (Å²) in [6, 6.07) is 5.27. The number of carbonyl (C=O) groups excluding carboxylic acids is 1. The highest BCUT2D eigenvalue weighted by atomic mass is 35.5. The van der Waals surface area contributed by atoms with Gasteiger partial charge in [0.1, 0.15) is 11.6 Å². The normalized spacial score (nSPS) is 11.4. The number of rotatable bonds is 5. The number of halogens is 5. The Bertz CT molecular complexity index is 1100. The highest BCUT2D eigenvalue weighted by Crippen LogP contribution is 2.43. The van der Waals surface area contributed by atoms with E-state index in [1.54, 1.807) is 0 Å². The van der Waals surface area contributed by atoms with Crippen LogP contribution in [0.4, 0.5) is 29.2 Å². The molecule has 0 fully saturated rings. The quantitative estimate of drug-likeness (QED) is 0.449. The minimum Gasteiger partial charge on any atom is -0.378 e. The number of nitrogens with one attached hydrogen (secondary N) is 3. The zero-order valence-electron chi connectivity index (χ0n) is 15.4. The summed E-state index contributed by atoms with van der Waals surface area (Å²) < 4.78 is 55.5. The maximum Gasteiger partial charge on any atom is 0.417 e. The van der Waals surface area contributed by atoms with Gasteiger partial charge in [-0.2, -0.15) is 18.2 Å². The predicted molar refractivity (Wildman–Crippen MR) is 103 cm³/mol. The second-order valence-corrected chi connectivity index (χ2v) is 6.55. The molecule has 158 valence electrons. The van der Waals surface area contributed by atoms with Gasteiger partial charge in [0.15, 0.2) is 0 Å². The molecule has 0 aliphatic heterocycles. The van der Waals surface area contributed by atoms with Crippen molar-refractivity contribution in [3.8, 4) is 11.1 Å². The smallest absolute Gasteiger partial charge is 0.378 e. The zero-order valence-corrected chi connectivity index (χ0v) is 16.1. The molecule has 30 heavy (non-hydrogen) atoms. The number of anilines is 2. The summed E-state index contributed by atoms with van der Waals surface area (Å²) in [6.45, 7) is 0.0205. The Hall–Kier alpha value is -3.34. The van der Waals surface area contributed by atoms with Crippen LogP contribution in [-0.2, 0) is 12.7 Å². The minimum atomic E-state index is -4.77. The molecule has 12 heteroatoms. The lowest BCUT2D eigenvalue weighted by Crippen LogP contribution is -2.19. The van der Waals surface area contributed by atoms with Gasteiger partial charge in [0.05, 0.1) is 22.7 Å². The van der Waals surface area contributed by atoms with Crippen molar-refractivity contribution in [2.24, 2.45) is 0 Å². The number of carbonyl (C=O) groups is 1. The van der Waals surface area contributed by atoms with Crippen molar-refractivity contribution in [3.05, 3.63) is 58.1 Å². The van der Waals surface area contributed by atoms with E-state index >= 15 is 0 Å². The van der Waals surface area contributed by atoms with Gasteiger partial charge in [-0.1, -0.05) is 17.7 Å². The molecule has 1 aromatic heterocycles. The van der Waals surface area contributed by atoms with Crippen molar-refractivity contribution >= 4 is 29.1 Å². The lowest BCUT2D eigenvalue weighted by Gasteiger charge is -2.18. The van der Waals surface area contributed by atoms with Gasteiger partial charge >= 0.3 is 6.18 Å². The molecule has 0 bridgehead atoms. The average Bonchev–Trinajstić information content (AvgIpc) is 3.09. The number of benzene rings is 2. The van der Waals surface area contributed by atoms with Gasteiger partial charge in [0.25, 0.3) is 5.91 Å². The molecule has 0 saturated carbocycles. The molecule has 0 aliphatic rings. The fourth-order valence-electron chi connectivity index (χ4n) is 2.79. The van der Waals surface area contributed by atoms with E-state index < -0.39 is 29.0 Å². The Morgan fingerprint density at radius 2 is 2.00 bits per heavy atom. The molecule has 0 spiro atoms. The van der Waals surface area contributed by atoms with Crippen LogP contribution in [0.25, 0.3) is 11.1 Å². The first-order valence-corrected chi connectivity index (χ1v) is 8.81. The van der Waals surface area contributed by atoms with Crippen LogP contribution in [0.15, 0.2) is 30.3 Å². The Morgan fingerprint density at radius 3 is 2.57 bits per heavy atom. The lowest BCUT2D eigenvalue weighted by molar-refractivity contribution is -0.137. The number of nitrogens with zero attached hydrogens (tertiary/aromatic N) is 2. The Labute approximate surface area is 172 Å². The Balaban J connectivity index is 2.02. The minimum absolute atomic E-state index is 0.00149. The topological polar surface area (TPSA) is 109 Å². The highest BCUT2D eigenvalue weighted by Gasteiger charge is 2.35. The molecule has 5 N–H and O–H groups in total. The summed E-state index contributed by atoms with van der Waals surface area (Å²) >= 11 is 6.15. The maximum atomic E-state index is 14.3. The van der Waals surface area contributed by atoms with Gasteiger partial charge < -0.3 is 16.4 Å². The molecule has 0 radical (unpaired) electrons. The second kappa shape index (κ2) is 8.19. The SMILES string of the molecule is CNC(=O)c1ccc(-c2c(Cl)cc(NCc3nc(N)n[nH]3)cc2C(F)(F)F)cc1F. The number of aromatic amines is 1. The number of hydrogen-bond donors (Lipinski definition) is 4. The van der Waals surface area contributed by atoms with Crippen LogP contribution in [0.3, 0.4) is 0 Å². The molecule has 0 atom stereocenters. The standard InChI is InChI=1S/C18H15ClF4N6O/c1-25-16(30)10-3-2-8(4-13(10)20)15-11(18(21,22)23)5-9(6-12(15)19)26-7-14-27-17(24)29-28-14/h2-6,26H,7H2,1H3,(H,25,30)(H3,24,27,28,29). The first kappa shape index (κ1) is 21.4. The summed E-state index contributed by atoms with van der Waals surface area (Å²) in [5.74, 6) is -1.36. The number of aromatic nitrogens is 3. The summed E-state index contributed by atoms with van der Waals surface area (Å²) in [5.41, 5.74) is 3.56. The molecule has 0 saturated heterocycles. The number of alkyl halides is 3. The van der Waals surface area contributed by atoms with Gasteiger partial charge in [-0.25, -0.2) is 4.39 Å². The number of amides is 1. The largest absolute Gasteiger partial charge is 0.417 e. The van der Waals surface area contributed by atoms with Crippen molar-refractivity contribution in [1.29, 1.82) is 0 Å². The molecule has 0 aliphatic carbocycles. The van der Waals surface area contributed by atoms with Gasteiger partial charge in [-0.3, -0.25) is 9.89 Å². The van der Waals surface area contributed by atoms with E-state index in [4.69, 9.17) is 17.3 Å². The van der Waals surface area contributed by atoms with Gasteiger partial charge in [-0.05, 0) is 29.8 Å². The number of hydrogen-bond acceptors (Lipinski definition) is 5. The Morgan fingerprint density at radius 1 is 1.27 bits per heavy atom. The monoisotopic (exact) mass is 442 g/mol. The van der Waals surface area contributed by atoms with Crippen LogP contribution in [0.2, 0.25) is 5.02 Å². The van der Waals surface area contributed by atoms with Crippen LogP contribution < -0.4 is 16.4 Å². The van der Waals surface area contributed by atoms with Gasteiger partial charge in [0, 0.05) is 18.3 Å². The van der Waals surface area contributed by atoms with E-state index in [-0.39, 0.29) is 34.3 Å². The van der Waals surface area contributed by atoms with Crippen LogP contribution in [0.5, 0.6) is 0 Å². The van der Waals surface area contributed by atoms with Crippen LogP contribution in [0.1, 0.15) is 21.7 Å².